The lowest BCUT2D eigenvalue weighted by molar-refractivity contribution is 0.493. The fourth-order valence-electron chi connectivity index (χ4n) is 2.40. The lowest BCUT2D eigenvalue weighted by Gasteiger charge is -2.20. The second kappa shape index (κ2) is 7.22. The SMILES string of the molecule is CCNC(=NCCc1c(F)cccc1F)N1CCCC1. The molecule has 3 nitrogen and oxygen atoms in total. The maximum absolute atomic E-state index is 13.5. The second-order valence-electron chi connectivity index (χ2n) is 4.88. The summed E-state index contributed by atoms with van der Waals surface area (Å²) in [5.41, 5.74) is 0.119. The molecule has 0 unspecified atom stereocenters. The van der Waals surface area contributed by atoms with Crippen LogP contribution in [-0.4, -0.2) is 37.0 Å². The van der Waals surface area contributed by atoms with Gasteiger partial charge in [-0.1, -0.05) is 6.07 Å². The summed E-state index contributed by atoms with van der Waals surface area (Å²) >= 11 is 0. The van der Waals surface area contributed by atoms with E-state index in [0.29, 0.717) is 6.54 Å². The molecule has 1 aromatic rings. The van der Waals surface area contributed by atoms with E-state index < -0.39 is 11.6 Å². The summed E-state index contributed by atoms with van der Waals surface area (Å²) in [6, 6.07) is 3.95. The van der Waals surface area contributed by atoms with Crippen LogP contribution in [0.4, 0.5) is 8.78 Å². The molecule has 1 fully saturated rings. The molecule has 1 aliphatic heterocycles. The van der Waals surface area contributed by atoms with Gasteiger partial charge in [-0.2, -0.15) is 0 Å². The van der Waals surface area contributed by atoms with Crippen molar-refractivity contribution in [1.29, 1.82) is 0 Å². The quantitative estimate of drug-likeness (QED) is 0.678. The Balaban J connectivity index is 1.99. The summed E-state index contributed by atoms with van der Waals surface area (Å²) < 4.78 is 27.0. The van der Waals surface area contributed by atoms with Gasteiger partial charge in [0.1, 0.15) is 11.6 Å². The zero-order valence-corrected chi connectivity index (χ0v) is 11.8. The van der Waals surface area contributed by atoms with Crippen LogP contribution in [0.5, 0.6) is 0 Å². The smallest absolute Gasteiger partial charge is 0.193 e. The average Bonchev–Trinajstić information content (AvgIpc) is 2.95. The Morgan fingerprint density at radius 2 is 1.90 bits per heavy atom. The highest BCUT2D eigenvalue weighted by atomic mass is 19.1. The van der Waals surface area contributed by atoms with Crippen molar-refractivity contribution in [3.63, 3.8) is 0 Å². The Kier molecular flexibility index (Phi) is 5.32. The number of likely N-dealkylation sites (tertiary alicyclic amines) is 1. The standard InChI is InChI=1S/C15H21F2N3/c1-2-18-15(20-10-3-4-11-20)19-9-8-12-13(16)6-5-7-14(12)17/h5-7H,2-4,8-11H2,1H3,(H,18,19). The number of aliphatic imine (C=N–C) groups is 1. The molecule has 1 heterocycles. The van der Waals surface area contributed by atoms with E-state index in [2.05, 4.69) is 15.2 Å². The van der Waals surface area contributed by atoms with Crippen LogP contribution < -0.4 is 5.32 Å². The van der Waals surface area contributed by atoms with Crippen molar-refractivity contribution in [3.05, 3.63) is 35.4 Å². The van der Waals surface area contributed by atoms with Gasteiger partial charge >= 0.3 is 0 Å². The fraction of sp³-hybridized carbons (Fsp3) is 0.533. The van der Waals surface area contributed by atoms with Gasteiger partial charge in [0.15, 0.2) is 5.96 Å². The third-order valence-corrected chi connectivity index (χ3v) is 3.43. The highest BCUT2D eigenvalue weighted by Gasteiger charge is 2.15. The van der Waals surface area contributed by atoms with E-state index in [0.717, 1.165) is 25.6 Å². The number of halogens is 2. The van der Waals surface area contributed by atoms with Gasteiger partial charge in [-0.3, -0.25) is 4.99 Å². The van der Waals surface area contributed by atoms with Crippen LogP contribution in [0.25, 0.3) is 0 Å². The fourth-order valence-corrected chi connectivity index (χ4v) is 2.40. The van der Waals surface area contributed by atoms with Crippen LogP contribution in [-0.2, 0) is 6.42 Å². The molecule has 1 saturated heterocycles. The van der Waals surface area contributed by atoms with Crippen LogP contribution in [0, 0.1) is 11.6 Å². The van der Waals surface area contributed by atoms with Crippen molar-refractivity contribution in [1.82, 2.24) is 10.2 Å². The van der Waals surface area contributed by atoms with E-state index in [4.69, 9.17) is 0 Å². The summed E-state index contributed by atoms with van der Waals surface area (Å²) in [5, 5.41) is 3.23. The third kappa shape index (κ3) is 3.68. The molecule has 0 amide bonds. The molecule has 0 saturated carbocycles. The second-order valence-corrected chi connectivity index (χ2v) is 4.88. The van der Waals surface area contributed by atoms with E-state index in [1.165, 1.54) is 31.0 Å². The van der Waals surface area contributed by atoms with Gasteiger partial charge in [0.2, 0.25) is 0 Å². The minimum absolute atomic E-state index is 0.119. The average molecular weight is 281 g/mol. The largest absolute Gasteiger partial charge is 0.357 e. The topological polar surface area (TPSA) is 27.6 Å². The van der Waals surface area contributed by atoms with Gasteiger partial charge in [0, 0.05) is 31.7 Å². The van der Waals surface area contributed by atoms with Crippen molar-refractivity contribution in [3.8, 4) is 0 Å². The molecule has 1 N–H and O–H groups in total. The molecule has 0 bridgehead atoms. The summed E-state index contributed by atoms with van der Waals surface area (Å²) in [7, 11) is 0. The Labute approximate surface area is 118 Å². The van der Waals surface area contributed by atoms with E-state index in [-0.39, 0.29) is 12.0 Å². The van der Waals surface area contributed by atoms with Gasteiger partial charge < -0.3 is 10.2 Å². The Bertz CT molecular complexity index is 448. The number of hydrogen-bond donors (Lipinski definition) is 1. The third-order valence-electron chi connectivity index (χ3n) is 3.43. The Morgan fingerprint density at radius 3 is 2.50 bits per heavy atom. The van der Waals surface area contributed by atoms with Crippen molar-refractivity contribution in [2.75, 3.05) is 26.2 Å². The van der Waals surface area contributed by atoms with Crippen LogP contribution >= 0.6 is 0 Å². The molecule has 20 heavy (non-hydrogen) atoms. The van der Waals surface area contributed by atoms with Crippen molar-refractivity contribution in [2.24, 2.45) is 4.99 Å². The number of hydrogen-bond acceptors (Lipinski definition) is 1. The van der Waals surface area contributed by atoms with Crippen LogP contribution in [0.15, 0.2) is 23.2 Å². The summed E-state index contributed by atoms with van der Waals surface area (Å²) in [4.78, 5) is 6.67. The molecule has 110 valence electrons. The van der Waals surface area contributed by atoms with Crippen molar-refractivity contribution in [2.45, 2.75) is 26.2 Å². The van der Waals surface area contributed by atoms with E-state index in [9.17, 15) is 8.78 Å². The van der Waals surface area contributed by atoms with E-state index in [1.54, 1.807) is 0 Å². The minimum Gasteiger partial charge on any atom is -0.357 e. The number of nitrogens with one attached hydrogen (secondary N) is 1. The van der Waals surface area contributed by atoms with Crippen LogP contribution in [0.3, 0.4) is 0 Å². The monoisotopic (exact) mass is 281 g/mol. The molecule has 0 aliphatic carbocycles. The first-order valence-corrected chi connectivity index (χ1v) is 7.18. The normalized spacial score (nSPS) is 15.8. The molecule has 1 aromatic carbocycles. The molecule has 0 spiro atoms. The number of nitrogens with zero attached hydrogens (tertiary/aromatic N) is 2. The van der Waals surface area contributed by atoms with Gasteiger partial charge in [-0.25, -0.2) is 8.78 Å². The van der Waals surface area contributed by atoms with Crippen LogP contribution in [0.2, 0.25) is 0 Å². The molecule has 0 radical (unpaired) electrons. The Morgan fingerprint density at radius 1 is 1.25 bits per heavy atom. The van der Waals surface area contributed by atoms with E-state index in [1.807, 2.05) is 6.92 Å². The summed E-state index contributed by atoms with van der Waals surface area (Å²) in [6.45, 7) is 5.20. The first-order valence-electron chi connectivity index (χ1n) is 7.18. The predicted octanol–water partition coefficient (Wildman–Crippen LogP) is 2.57. The molecule has 5 heteroatoms. The number of guanidine groups is 1. The highest BCUT2D eigenvalue weighted by Crippen LogP contribution is 2.13. The number of benzene rings is 1. The maximum atomic E-state index is 13.5. The Hall–Kier alpha value is -1.65. The zero-order valence-electron chi connectivity index (χ0n) is 11.8. The first-order chi connectivity index (χ1) is 9.72. The zero-order chi connectivity index (χ0) is 14.4. The minimum atomic E-state index is -0.494. The lowest BCUT2D eigenvalue weighted by atomic mass is 10.1. The van der Waals surface area contributed by atoms with E-state index >= 15 is 0 Å². The van der Waals surface area contributed by atoms with Crippen LogP contribution in [0.1, 0.15) is 25.3 Å². The van der Waals surface area contributed by atoms with Crippen molar-refractivity contribution >= 4 is 5.96 Å². The van der Waals surface area contributed by atoms with Gasteiger partial charge in [0.05, 0.1) is 0 Å². The molecule has 2 rings (SSSR count). The number of rotatable bonds is 4. The van der Waals surface area contributed by atoms with Gasteiger partial charge in [-0.15, -0.1) is 0 Å². The maximum Gasteiger partial charge on any atom is 0.193 e. The van der Waals surface area contributed by atoms with Gasteiger partial charge in [-0.05, 0) is 38.3 Å². The molecule has 0 aromatic heterocycles. The van der Waals surface area contributed by atoms with Gasteiger partial charge in [0.25, 0.3) is 0 Å². The summed E-state index contributed by atoms with van der Waals surface area (Å²) in [6.07, 6.45) is 2.62. The molecule has 1 aliphatic rings. The first kappa shape index (κ1) is 14.8. The lowest BCUT2D eigenvalue weighted by Crippen LogP contribution is -2.39. The van der Waals surface area contributed by atoms with Crippen molar-refractivity contribution < 1.29 is 8.78 Å². The molecule has 0 atom stereocenters. The summed E-state index contributed by atoms with van der Waals surface area (Å²) in [5.74, 6) is -0.139. The molecular formula is C15H21F2N3. The highest BCUT2D eigenvalue weighted by molar-refractivity contribution is 5.80. The predicted molar refractivity (Wildman–Crippen MR) is 76.8 cm³/mol. The molecular weight excluding hydrogens is 260 g/mol.